The van der Waals surface area contributed by atoms with Crippen molar-refractivity contribution in [2.75, 3.05) is 18.0 Å². The second-order valence-corrected chi connectivity index (χ2v) is 5.91. The van der Waals surface area contributed by atoms with Crippen LogP contribution in [0.2, 0.25) is 0 Å². The summed E-state index contributed by atoms with van der Waals surface area (Å²) in [6, 6.07) is 1.50. The van der Waals surface area contributed by atoms with Gasteiger partial charge < -0.3 is 9.64 Å². The highest BCUT2D eigenvalue weighted by Crippen LogP contribution is 2.24. The van der Waals surface area contributed by atoms with Crippen molar-refractivity contribution in [1.29, 1.82) is 0 Å². The molecule has 1 aliphatic rings. The zero-order valence-electron chi connectivity index (χ0n) is 11.2. The van der Waals surface area contributed by atoms with Crippen molar-refractivity contribution in [3.05, 3.63) is 22.1 Å². The van der Waals surface area contributed by atoms with Gasteiger partial charge in [0, 0.05) is 24.8 Å². The van der Waals surface area contributed by atoms with Gasteiger partial charge in [-0.1, -0.05) is 11.3 Å². The first-order valence-electron chi connectivity index (χ1n) is 6.31. The van der Waals surface area contributed by atoms with Crippen molar-refractivity contribution < 1.29 is 4.74 Å². The van der Waals surface area contributed by atoms with Gasteiger partial charge in [-0.15, -0.1) is 5.10 Å². The summed E-state index contributed by atoms with van der Waals surface area (Å²) in [6.07, 6.45) is 0.337. The number of nitrogens with zero attached hydrogens (tertiary/aromatic N) is 4. The predicted molar refractivity (Wildman–Crippen MR) is 74.1 cm³/mol. The smallest absolute Gasteiger partial charge is 0.275 e. The van der Waals surface area contributed by atoms with Crippen molar-refractivity contribution >= 4 is 21.4 Å². The molecule has 2 atom stereocenters. The molecule has 2 aromatic heterocycles. The Morgan fingerprint density at radius 2 is 2.05 bits per heavy atom. The van der Waals surface area contributed by atoms with Crippen LogP contribution in [0.3, 0.4) is 0 Å². The number of morpholine rings is 1. The molecule has 0 aliphatic carbocycles. The molecular formula is C12H16N4O2S. The molecule has 102 valence electrons. The van der Waals surface area contributed by atoms with Gasteiger partial charge in [-0.3, -0.25) is 4.79 Å². The first kappa shape index (κ1) is 12.6. The zero-order chi connectivity index (χ0) is 13.6. The first-order chi connectivity index (χ1) is 9.02. The van der Waals surface area contributed by atoms with Crippen molar-refractivity contribution in [2.45, 2.75) is 33.0 Å². The summed E-state index contributed by atoms with van der Waals surface area (Å²) < 4.78 is 7.08. The average Bonchev–Trinajstić information content (AvgIpc) is 2.71. The van der Waals surface area contributed by atoms with Crippen LogP contribution in [0.15, 0.2) is 10.9 Å². The summed E-state index contributed by atoms with van der Waals surface area (Å²) in [5, 5.41) is 5.21. The zero-order valence-corrected chi connectivity index (χ0v) is 12.0. The number of ether oxygens (including phenoxy) is 1. The second kappa shape index (κ2) is 4.57. The van der Waals surface area contributed by atoms with Gasteiger partial charge in [0.15, 0.2) is 0 Å². The van der Waals surface area contributed by atoms with Crippen LogP contribution >= 0.6 is 11.3 Å². The molecule has 0 unspecified atom stereocenters. The highest BCUT2D eigenvalue weighted by molar-refractivity contribution is 7.20. The average molecular weight is 280 g/mol. The van der Waals surface area contributed by atoms with E-state index in [0.29, 0.717) is 4.96 Å². The van der Waals surface area contributed by atoms with Gasteiger partial charge in [0.25, 0.3) is 5.56 Å². The van der Waals surface area contributed by atoms with E-state index < -0.39 is 0 Å². The molecule has 3 heterocycles. The molecule has 19 heavy (non-hydrogen) atoms. The Balaban J connectivity index is 2.01. The summed E-state index contributed by atoms with van der Waals surface area (Å²) in [6.45, 7) is 7.49. The highest BCUT2D eigenvalue weighted by atomic mass is 32.1. The summed E-state index contributed by atoms with van der Waals surface area (Å²) >= 11 is 1.45. The van der Waals surface area contributed by atoms with Crippen molar-refractivity contribution in [2.24, 2.45) is 0 Å². The summed E-state index contributed by atoms with van der Waals surface area (Å²) in [5.41, 5.74) is 0.600. The molecule has 0 saturated carbocycles. The fraction of sp³-hybridized carbons (Fsp3) is 0.583. The Hall–Kier alpha value is -1.47. The topological polar surface area (TPSA) is 59.7 Å². The molecule has 0 aromatic carbocycles. The molecular weight excluding hydrogens is 264 g/mol. The number of aryl methyl sites for hydroxylation is 1. The van der Waals surface area contributed by atoms with Crippen LogP contribution in [-0.2, 0) is 4.74 Å². The molecule has 0 radical (unpaired) electrons. The summed E-state index contributed by atoms with van der Waals surface area (Å²) in [7, 11) is 0. The van der Waals surface area contributed by atoms with E-state index in [1.165, 1.54) is 21.9 Å². The first-order valence-corrected chi connectivity index (χ1v) is 7.12. The van der Waals surface area contributed by atoms with E-state index >= 15 is 0 Å². The number of fused-ring (bicyclic) bond motifs is 1. The Labute approximate surface area is 114 Å². The molecule has 0 bridgehead atoms. The molecule has 1 aliphatic heterocycles. The van der Waals surface area contributed by atoms with Gasteiger partial charge in [-0.25, -0.2) is 4.98 Å². The Bertz CT molecular complexity index is 655. The van der Waals surface area contributed by atoms with Crippen LogP contribution in [-0.4, -0.2) is 39.9 Å². The second-order valence-electron chi connectivity index (χ2n) is 4.98. The van der Waals surface area contributed by atoms with Crippen molar-refractivity contribution in [1.82, 2.24) is 14.6 Å². The van der Waals surface area contributed by atoms with E-state index in [2.05, 4.69) is 15.0 Å². The van der Waals surface area contributed by atoms with E-state index in [1.54, 1.807) is 0 Å². The van der Waals surface area contributed by atoms with Crippen LogP contribution < -0.4 is 10.5 Å². The fourth-order valence-corrected chi connectivity index (χ4v) is 3.34. The molecule has 1 saturated heterocycles. The summed E-state index contributed by atoms with van der Waals surface area (Å²) in [5.74, 6) is 0. The van der Waals surface area contributed by atoms with Gasteiger partial charge in [0.05, 0.1) is 12.2 Å². The van der Waals surface area contributed by atoms with Gasteiger partial charge in [-0.05, 0) is 20.8 Å². The maximum Gasteiger partial charge on any atom is 0.275 e. The Morgan fingerprint density at radius 3 is 2.74 bits per heavy atom. The van der Waals surface area contributed by atoms with Gasteiger partial charge >= 0.3 is 0 Å². The summed E-state index contributed by atoms with van der Waals surface area (Å²) in [4.78, 5) is 19.0. The fourth-order valence-electron chi connectivity index (χ4n) is 2.37. The predicted octanol–water partition coefficient (Wildman–Crippen LogP) is 1.07. The maximum atomic E-state index is 11.8. The monoisotopic (exact) mass is 280 g/mol. The number of anilines is 1. The van der Waals surface area contributed by atoms with Gasteiger partial charge in [0.1, 0.15) is 0 Å². The lowest BCUT2D eigenvalue weighted by molar-refractivity contribution is -0.00527. The molecule has 7 heteroatoms. The van der Waals surface area contributed by atoms with E-state index in [4.69, 9.17) is 4.74 Å². The molecule has 3 rings (SSSR count). The lowest BCUT2D eigenvalue weighted by Gasteiger charge is -2.34. The quantitative estimate of drug-likeness (QED) is 0.782. The standard InChI is InChI=1S/C12H16N4O2S/c1-7-4-10(17)16-11(13-7)19-12(14-16)15-5-8(2)18-9(3)6-15/h4,8-9H,5-6H2,1-3H3/t8-,9-/m0/s1. The Morgan fingerprint density at radius 1 is 1.37 bits per heavy atom. The third kappa shape index (κ3) is 2.35. The number of aromatic nitrogens is 3. The van der Waals surface area contributed by atoms with E-state index in [0.717, 1.165) is 23.9 Å². The minimum absolute atomic E-state index is 0.126. The minimum Gasteiger partial charge on any atom is -0.372 e. The van der Waals surface area contributed by atoms with E-state index in [1.807, 2.05) is 20.8 Å². The third-order valence-electron chi connectivity index (χ3n) is 3.05. The molecule has 0 spiro atoms. The van der Waals surface area contributed by atoms with Crippen LogP contribution in [0.1, 0.15) is 19.5 Å². The molecule has 0 amide bonds. The number of hydrogen-bond acceptors (Lipinski definition) is 6. The minimum atomic E-state index is -0.126. The highest BCUT2D eigenvalue weighted by Gasteiger charge is 2.25. The van der Waals surface area contributed by atoms with Crippen molar-refractivity contribution in [3.63, 3.8) is 0 Å². The van der Waals surface area contributed by atoms with E-state index in [-0.39, 0.29) is 17.8 Å². The Kier molecular flexibility index (Phi) is 3.02. The van der Waals surface area contributed by atoms with Crippen LogP contribution in [0, 0.1) is 6.92 Å². The van der Waals surface area contributed by atoms with Crippen LogP contribution in [0.5, 0.6) is 0 Å². The SMILES string of the molecule is Cc1cc(=O)n2nc(N3C[C@H](C)O[C@@H](C)C3)sc2n1. The lowest BCUT2D eigenvalue weighted by atomic mass is 10.2. The molecule has 1 fully saturated rings. The largest absolute Gasteiger partial charge is 0.372 e. The van der Waals surface area contributed by atoms with Gasteiger partial charge in [0.2, 0.25) is 10.1 Å². The van der Waals surface area contributed by atoms with Crippen LogP contribution in [0.25, 0.3) is 4.96 Å². The molecule has 0 N–H and O–H groups in total. The number of hydrogen-bond donors (Lipinski definition) is 0. The lowest BCUT2D eigenvalue weighted by Crippen LogP contribution is -2.45. The van der Waals surface area contributed by atoms with Gasteiger partial charge in [-0.2, -0.15) is 4.52 Å². The normalized spacial score (nSPS) is 24.1. The number of rotatable bonds is 1. The van der Waals surface area contributed by atoms with Crippen molar-refractivity contribution in [3.8, 4) is 0 Å². The molecule has 6 nitrogen and oxygen atoms in total. The maximum absolute atomic E-state index is 11.8. The third-order valence-corrected chi connectivity index (χ3v) is 4.02. The molecule has 2 aromatic rings. The van der Waals surface area contributed by atoms with Crippen LogP contribution in [0.4, 0.5) is 5.13 Å². The van der Waals surface area contributed by atoms with E-state index in [9.17, 15) is 4.79 Å².